The molecular formula is C13H12ClN3O. The molecule has 0 aliphatic carbocycles. The van der Waals surface area contributed by atoms with Crippen LogP contribution in [0.25, 0.3) is 0 Å². The third-order valence-corrected chi connectivity index (χ3v) is 3.03. The number of hydrogen-bond acceptors (Lipinski definition) is 4. The Balaban J connectivity index is 1.86. The maximum absolute atomic E-state index is 5.87. The lowest BCUT2D eigenvalue weighted by Crippen LogP contribution is -2.13. The molecule has 0 amide bonds. The first-order chi connectivity index (χ1) is 8.72. The minimum Gasteiger partial charge on any atom is -0.491 e. The number of ether oxygens (including phenoxy) is 1. The number of nitrogens with two attached hydrogens (primary N) is 1. The molecule has 2 aromatic rings. The van der Waals surface area contributed by atoms with Gasteiger partial charge >= 0.3 is 0 Å². The Labute approximate surface area is 110 Å². The lowest BCUT2D eigenvalue weighted by molar-refractivity contribution is 0.339. The summed E-state index contributed by atoms with van der Waals surface area (Å²) < 4.78 is 5.59. The molecule has 1 atom stereocenters. The molecule has 1 aliphatic rings. The molecule has 4 nitrogen and oxygen atoms in total. The van der Waals surface area contributed by atoms with Crippen LogP contribution >= 0.6 is 11.6 Å². The van der Waals surface area contributed by atoms with Gasteiger partial charge in [0.25, 0.3) is 0 Å². The molecule has 1 aromatic heterocycles. The Morgan fingerprint density at radius 2 is 2.17 bits per heavy atom. The Morgan fingerprint density at radius 1 is 1.33 bits per heavy atom. The van der Waals surface area contributed by atoms with Crippen LogP contribution in [0.1, 0.15) is 11.6 Å². The van der Waals surface area contributed by atoms with Crippen LogP contribution in [0, 0.1) is 0 Å². The van der Waals surface area contributed by atoms with Crippen LogP contribution in [-0.4, -0.2) is 11.6 Å². The topological polar surface area (TPSA) is 60.2 Å². The highest BCUT2D eigenvalue weighted by atomic mass is 35.5. The molecule has 0 spiro atoms. The van der Waals surface area contributed by atoms with Crippen LogP contribution in [0.15, 0.2) is 36.4 Å². The molecule has 5 heteroatoms. The number of benzene rings is 1. The molecule has 1 aliphatic heterocycles. The molecule has 0 saturated carbocycles. The molecule has 0 saturated heterocycles. The van der Waals surface area contributed by atoms with Gasteiger partial charge in [0.1, 0.15) is 23.3 Å². The van der Waals surface area contributed by atoms with Crippen molar-refractivity contribution < 1.29 is 4.74 Å². The molecule has 18 heavy (non-hydrogen) atoms. The van der Waals surface area contributed by atoms with Gasteiger partial charge in [-0.2, -0.15) is 0 Å². The highest BCUT2D eigenvalue weighted by molar-refractivity contribution is 6.29. The summed E-state index contributed by atoms with van der Waals surface area (Å²) in [6.07, 6.45) is 0. The monoisotopic (exact) mass is 261 g/mol. The van der Waals surface area contributed by atoms with Gasteiger partial charge in [-0.25, -0.2) is 4.98 Å². The van der Waals surface area contributed by atoms with Crippen LogP contribution in [0.4, 0.5) is 11.5 Å². The number of fused-ring (bicyclic) bond motifs is 1. The Hall–Kier alpha value is -1.94. The van der Waals surface area contributed by atoms with Crippen molar-refractivity contribution in [2.24, 2.45) is 0 Å². The molecule has 0 fully saturated rings. The van der Waals surface area contributed by atoms with Crippen molar-refractivity contribution in [3.63, 3.8) is 0 Å². The van der Waals surface area contributed by atoms with E-state index in [0.29, 0.717) is 23.3 Å². The molecule has 0 radical (unpaired) electrons. The minimum absolute atomic E-state index is 0.0755. The Morgan fingerprint density at radius 3 is 3.00 bits per heavy atom. The molecule has 1 aromatic carbocycles. The number of rotatable bonds is 2. The van der Waals surface area contributed by atoms with Gasteiger partial charge in [-0.05, 0) is 12.1 Å². The number of nitrogen functional groups attached to an aromatic ring is 1. The van der Waals surface area contributed by atoms with Gasteiger partial charge in [-0.1, -0.05) is 29.8 Å². The summed E-state index contributed by atoms with van der Waals surface area (Å²) in [6, 6.07) is 11.4. The van der Waals surface area contributed by atoms with Gasteiger partial charge in [0.05, 0.1) is 6.04 Å². The summed E-state index contributed by atoms with van der Waals surface area (Å²) in [6.45, 7) is 0.577. The van der Waals surface area contributed by atoms with E-state index in [9.17, 15) is 0 Å². The normalized spacial score (nSPS) is 17.1. The van der Waals surface area contributed by atoms with Gasteiger partial charge in [-0.3, -0.25) is 0 Å². The van der Waals surface area contributed by atoms with Crippen molar-refractivity contribution in [3.05, 3.63) is 47.1 Å². The van der Waals surface area contributed by atoms with E-state index in [1.807, 2.05) is 24.3 Å². The van der Waals surface area contributed by atoms with Crippen LogP contribution in [0.3, 0.4) is 0 Å². The number of pyridine rings is 1. The van der Waals surface area contributed by atoms with Crippen molar-refractivity contribution in [3.8, 4) is 5.75 Å². The number of nitrogens with one attached hydrogen (secondary N) is 1. The highest BCUT2D eigenvalue weighted by Gasteiger charge is 2.23. The number of para-hydroxylation sites is 1. The minimum atomic E-state index is 0.0755. The maximum Gasteiger partial charge on any atom is 0.133 e. The number of nitrogens with zero attached hydrogens (tertiary/aromatic N) is 1. The van der Waals surface area contributed by atoms with Gasteiger partial charge in [0.2, 0.25) is 0 Å². The number of halogens is 1. The molecule has 3 N–H and O–H groups in total. The lowest BCUT2D eigenvalue weighted by Gasteiger charge is -2.12. The second kappa shape index (κ2) is 4.38. The molecule has 2 heterocycles. The number of hydrogen-bond donors (Lipinski definition) is 2. The van der Waals surface area contributed by atoms with Crippen LogP contribution < -0.4 is 15.8 Å². The zero-order valence-electron chi connectivity index (χ0n) is 9.56. The second-order valence-electron chi connectivity index (χ2n) is 4.15. The van der Waals surface area contributed by atoms with E-state index in [4.69, 9.17) is 22.1 Å². The van der Waals surface area contributed by atoms with E-state index >= 15 is 0 Å². The Kier molecular flexibility index (Phi) is 2.72. The van der Waals surface area contributed by atoms with E-state index in [1.165, 1.54) is 0 Å². The predicted molar refractivity (Wildman–Crippen MR) is 72.0 cm³/mol. The van der Waals surface area contributed by atoms with Crippen molar-refractivity contribution in [1.82, 2.24) is 4.98 Å². The summed E-state index contributed by atoms with van der Waals surface area (Å²) >= 11 is 5.87. The predicted octanol–water partition coefficient (Wildman–Crippen LogP) is 2.86. The van der Waals surface area contributed by atoms with E-state index in [1.54, 1.807) is 12.1 Å². The van der Waals surface area contributed by atoms with Crippen LogP contribution in [0.5, 0.6) is 5.75 Å². The summed E-state index contributed by atoms with van der Waals surface area (Å²) in [5, 5.41) is 3.66. The molecule has 92 valence electrons. The average molecular weight is 262 g/mol. The van der Waals surface area contributed by atoms with Crippen LogP contribution in [-0.2, 0) is 0 Å². The van der Waals surface area contributed by atoms with Crippen molar-refractivity contribution in [2.45, 2.75) is 6.04 Å². The average Bonchev–Trinajstić information content (AvgIpc) is 2.72. The molecule has 0 bridgehead atoms. The maximum atomic E-state index is 5.87. The zero-order chi connectivity index (χ0) is 12.5. The van der Waals surface area contributed by atoms with E-state index in [0.717, 1.165) is 11.3 Å². The standard InChI is InChI=1S/C13H12ClN3O/c14-12-5-8(15)6-13(17-12)16-10-7-18-11-4-2-1-3-9(10)11/h1-6,10H,7H2,(H3,15,16,17). The summed E-state index contributed by atoms with van der Waals surface area (Å²) in [4.78, 5) is 4.19. The number of aromatic nitrogens is 1. The van der Waals surface area contributed by atoms with Gasteiger partial charge in [-0.15, -0.1) is 0 Å². The van der Waals surface area contributed by atoms with Crippen molar-refractivity contribution in [1.29, 1.82) is 0 Å². The molecule has 3 rings (SSSR count). The van der Waals surface area contributed by atoms with Crippen LogP contribution in [0.2, 0.25) is 5.15 Å². The largest absolute Gasteiger partial charge is 0.491 e. The van der Waals surface area contributed by atoms with Crippen molar-refractivity contribution in [2.75, 3.05) is 17.7 Å². The molecule has 1 unspecified atom stereocenters. The lowest BCUT2D eigenvalue weighted by atomic mass is 10.1. The first-order valence-corrected chi connectivity index (χ1v) is 6.01. The Bertz CT molecular complexity index is 568. The zero-order valence-corrected chi connectivity index (χ0v) is 10.3. The summed E-state index contributed by atoms with van der Waals surface area (Å²) in [7, 11) is 0. The fourth-order valence-corrected chi connectivity index (χ4v) is 2.27. The van der Waals surface area contributed by atoms with Gasteiger partial charge in [0, 0.05) is 17.3 Å². The van der Waals surface area contributed by atoms with Gasteiger partial charge < -0.3 is 15.8 Å². The highest BCUT2D eigenvalue weighted by Crippen LogP contribution is 2.34. The fraction of sp³-hybridized carbons (Fsp3) is 0.154. The quantitative estimate of drug-likeness (QED) is 0.816. The second-order valence-corrected chi connectivity index (χ2v) is 4.54. The van der Waals surface area contributed by atoms with E-state index in [-0.39, 0.29) is 6.04 Å². The third kappa shape index (κ3) is 2.07. The fourth-order valence-electron chi connectivity index (χ4n) is 2.05. The molecular weight excluding hydrogens is 250 g/mol. The SMILES string of the molecule is Nc1cc(Cl)nc(NC2COc3ccccc32)c1. The third-order valence-electron chi connectivity index (χ3n) is 2.84. The summed E-state index contributed by atoms with van der Waals surface area (Å²) in [5.74, 6) is 1.57. The summed E-state index contributed by atoms with van der Waals surface area (Å²) in [5.41, 5.74) is 7.44. The first-order valence-electron chi connectivity index (χ1n) is 5.64. The van der Waals surface area contributed by atoms with Gasteiger partial charge in [0.15, 0.2) is 0 Å². The van der Waals surface area contributed by atoms with E-state index < -0.39 is 0 Å². The smallest absolute Gasteiger partial charge is 0.133 e. The van der Waals surface area contributed by atoms with Crippen molar-refractivity contribution >= 4 is 23.1 Å². The number of anilines is 2. The van der Waals surface area contributed by atoms with E-state index in [2.05, 4.69) is 10.3 Å². The first kappa shape index (κ1) is 11.2.